The molecular formula is C13H14O3. The Balaban J connectivity index is 2.02. The van der Waals surface area contributed by atoms with E-state index in [9.17, 15) is 4.79 Å². The van der Waals surface area contributed by atoms with E-state index in [2.05, 4.69) is 0 Å². The number of hydrogen-bond acceptors (Lipinski definition) is 3. The number of Topliss-reactive ketones (excluding diaryl/α,β-unsaturated/α-hetero) is 1. The summed E-state index contributed by atoms with van der Waals surface area (Å²) in [6.45, 7) is 3.21. The fourth-order valence-corrected chi connectivity index (χ4v) is 2.42. The van der Waals surface area contributed by atoms with Gasteiger partial charge in [-0.1, -0.05) is 11.6 Å². The molecule has 0 saturated carbocycles. The van der Waals surface area contributed by atoms with Crippen LogP contribution in [0.1, 0.15) is 28.8 Å². The second kappa shape index (κ2) is 3.32. The van der Waals surface area contributed by atoms with Gasteiger partial charge < -0.3 is 9.47 Å². The third-order valence-electron chi connectivity index (χ3n) is 3.31. The van der Waals surface area contributed by atoms with Gasteiger partial charge in [0.1, 0.15) is 11.4 Å². The number of rotatable bonds is 0. The Hall–Kier alpha value is -1.35. The van der Waals surface area contributed by atoms with Gasteiger partial charge in [-0.2, -0.15) is 0 Å². The summed E-state index contributed by atoms with van der Waals surface area (Å²) in [7, 11) is 0. The van der Waals surface area contributed by atoms with Crippen LogP contribution in [0.3, 0.4) is 0 Å². The van der Waals surface area contributed by atoms with Crippen molar-refractivity contribution in [2.75, 3.05) is 13.2 Å². The molecule has 1 saturated heterocycles. The summed E-state index contributed by atoms with van der Waals surface area (Å²) >= 11 is 0. The molecule has 0 N–H and O–H groups in total. The van der Waals surface area contributed by atoms with E-state index in [-0.39, 0.29) is 11.4 Å². The summed E-state index contributed by atoms with van der Waals surface area (Å²) in [5.41, 5.74) is 1.42. The van der Waals surface area contributed by atoms with Crippen molar-refractivity contribution in [2.45, 2.75) is 25.4 Å². The summed E-state index contributed by atoms with van der Waals surface area (Å²) in [5.74, 6) is 0.891. The molecule has 0 bridgehead atoms. The van der Waals surface area contributed by atoms with E-state index in [1.807, 2.05) is 25.1 Å². The first-order chi connectivity index (χ1) is 7.69. The molecule has 2 heterocycles. The van der Waals surface area contributed by atoms with E-state index < -0.39 is 0 Å². The van der Waals surface area contributed by atoms with Crippen molar-refractivity contribution in [3.63, 3.8) is 0 Å². The lowest BCUT2D eigenvalue weighted by atomic mass is 9.89. The average Bonchev–Trinajstić information content (AvgIpc) is 2.68. The topological polar surface area (TPSA) is 35.5 Å². The Bertz CT molecular complexity index is 444. The molecule has 0 amide bonds. The largest absolute Gasteiger partial charge is 0.484 e. The average molecular weight is 218 g/mol. The number of benzene rings is 1. The summed E-state index contributed by atoms with van der Waals surface area (Å²) in [5, 5.41) is 0. The molecule has 16 heavy (non-hydrogen) atoms. The Morgan fingerprint density at radius 3 is 3.00 bits per heavy atom. The molecule has 2 aliphatic rings. The van der Waals surface area contributed by atoms with Crippen molar-refractivity contribution in [1.29, 1.82) is 0 Å². The van der Waals surface area contributed by atoms with Gasteiger partial charge in [0.25, 0.3) is 0 Å². The number of ether oxygens (including phenoxy) is 2. The second-order valence-corrected chi connectivity index (χ2v) is 4.69. The molecule has 0 radical (unpaired) electrons. The monoisotopic (exact) mass is 218 g/mol. The molecule has 1 atom stereocenters. The maximum absolute atomic E-state index is 12.1. The number of ketones is 1. The van der Waals surface area contributed by atoms with Gasteiger partial charge in [0, 0.05) is 6.42 Å². The highest BCUT2D eigenvalue weighted by Crippen LogP contribution is 2.38. The molecule has 3 nitrogen and oxygen atoms in total. The Kier molecular flexibility index (Phi) is 2.04. The van der Waals surface area contributed by atoms with Crippen molar-refractivity contribution in [2.24, 2.45) is 0 Å². The minimum absolute atomic E-state index is 0.176. The molecule has 3 rings (SSSR count). The third kappa shape index (κ3) is 1.43. The lowest BCUT2D eigenvalue weighted by Gasteiger charge is -2.33. The quantitative estimate of drug-likeness (QED) is 0.669. The van der Waals surface area contributed by atoms with Crippen LogP contribution in [0.5, 0.6) is 5.75 Å². The van der Waals surface area contributed by atoms with E-state index in [0.29, 0.717) is 25.4 Å². The standard InChI is InChI=1S/C13H14O3/c1-9-2-3-12-10(6-9)11(14)7-13(16-12)4-5-15-8-13/h2-3,6H,4-5,7-8H2,1H3. The van der Waals surface area contributed by atoms with Gasteiger partial charge in [-0.25, -0.2) is 0 Å². The molecule has 1 fully saturated rings. The lowest BCUT2D eigenvalue weighted by Crippen LogP contribution is -2.42. The van der Waals surface area contributed by atoms with Crippen LogP contribution in [-0.4, -0.2) is 24.6 Å². The van der Waals surface area contributed by atoms with Gasteiger partial charge in [-0.3, -0.25) is 4.79 Å². The zero-order chi connectivity index (χ0) is 11.2. The first kappa shape index (κ1) is 9.85. The summed E-state index contributed by atoms with van der Waals surface area (Å²) in [6.07, 6.45) is 1.26. The van der Waals surface area contributed by atoms with Crippen LogP contribution in [-0.2, 0) is 4.74 Å². The molecule has 1 aromatic rings. The predicted molar refractivity (Wildman–Crippen MR) is 58.9 cm³/mol. The van der Waals surface area contributed by atoms with Crippen LogP contribution in [0, 0.1) is 6.92 Å². The van der Waals surface area contributed by atoms with Gasteiger partial charge in [-0.15, -0.1) is 0 Å². The van der Waals surface area contributed by atoms with Crippen LogP contribution >= 0.6 is 0 Å². The molecule has 84 valence electrons. The fraction of sp³-hybridized carbons (Fsp3) is 0.462. The number of fused-ring (bicyclic) bond motifs is 1. The van der Waals surface area contributed by atoms with Crippen molar-refractivity contribution in [3.05, 3.63) is 29.3 Å². The van der Waals surface area contributed by atoms with Crippen LogP contribution < -0.4 is 4.74 Å². The molecule has 0 aliphatic carbocycles. The minimum Gasteiger partial charge on any atom is -0.484 e. The van der Waals surface area contributed by atoms with Crippen LogP contribution in [0.25, 0.3) is 0 Å². The highest BCUT2D eigenvalue weighted by molar-refractivity contribution is 6.00. The van der Waals surface area contributed by atoms with E-state index in [1.165, 1.54) is 0 Å². The Morgan fingerprint density at radius 1 is 1.38 bits per heavy atom. The molecule has 2 aliphatic heterocycles. The van der Waals surface area contributed by atoms with Gasteiger partial charge >= 0.3 is 0 Å². The van der Waals surface area contributed by atoms with Crippen molar-refractivity contribution in [3.8, 4) is 5.75 Å². The Labute approximate surface area is 94.4 Å². The summed E-state index contributed by atoms with van der Waals surface area (Å²) < 4.78 is 11.3. The summed E-state index contributed by atoms with van der Waals surface area (Å²) in [4.78, 5) is 12.1. The Morgan fingerprint density at radius 2 is 2.25 bits per heavy atom. The maximum Gasteiger partial charge on any atom is 0.170 e. The number of hydrogen-bond donors (Lipinski definition) is 0. The van der Waals surface area contributed by atoms with Gasteiger partial charge in [0.2, 0.25) is 0 Å². The minimum atomic E-state index is -0.390. The normalized spacial score (nSPS) is 27.9. The molecule has 1 spiro atoms. The van der Waals surface area contributed by atoms with Crippen LogP contribution in [0.4, 0.5) is 0 Å². The van der Waals surface area contributed by atoms with Crippen LogP contribution in [0.2, 0.25) is 0 Å². The van der Waals surface area contributed by atoms with E-state index in [4.69, 9.17) is 9.47 Å². The van der Waals surface area contributed by atoms with E-state index in [0.717, 1.165) is 17.5 Å². The highest BCUT2D eigenvalue weighted by Gasteiger charge is 2.43. The highest BCUT2D eigenvalue weighted by atomic mass is 16.6. The fourth-order valence-electron chi connectivity index (χ4n) is 2.42. The SMILES string of the molecule is Cc1ccc2c(c1)C(=O)CC1(CCOC1)O2. The molecular weight excluding hydrogens is 204 g/mol. The van der Waals surface area contributed by atoms with Gasteiger partial charge in [0.05, 0.1) is 25.2 Å². The molecule has 1 aromatic carbocycles. The van der Waals surface area contributed by atoms with E-state index >= 15 is 0 Å². The van der Waals surface area contributed by atoms with Crippen molar-refractivity contribution in [1.82, 2.24) is 0 Å². The lowest BCUT2D eigenvalue weighted by molar-refractivity contribution is 0.0306. The number of carbonyl (C=O) groups excluding carboxylic acids is 1. The van der Waals surface area contributed by atoms with Gasteiger partial charge in [-0.05, 0) is 19.1 Å². The maximum atomic E-state index is 12.1. The first-order valence-corrected chi connectivity index (χ1v) is 5.59. The molecule has 1 unspecified atom stereocenters. The summed E-state index contributed by atoms with van der Waals surface area (Å²) in [6, 6.07) is 5.77. The second-order valence-electron chi connectivity index (χ2n) is 4.69. The van der Waals surface area contributed by atoms with Crippen molar-refractivity contribution < 1.29 is 14.3 Å². The van der Waals surface area contributed by atoms with Gasteiger partial charge in [0.15, 0.2) is 5.78 Å². The molecule has 3 heteroatoms. The third-order valence-corrected chi connectivity index (χ3v) is 3.31. The smallest absolute Gasteiger partial charge is 0.170 e. The zero-order valence-electron chi connectivity index (χ0n) is 9.29. The zero-order valence-corrected chi connectivity index (χ0v) is 9.29. The predicted octanol–water partition coefficient (Wildman–Crippen LogP) is 2.12. The molecule has 0 aromatic heterocycles. The first-order valence-electron chi connectivity index (χ1n) is 5.59. The van der Waals surface area contributed by atoms with Crippen molar-refractivity contribution >= 4 is 5.78 Å². The number of aryl methyl sites for hydroxylation is 1. The van der Waals surface area contributed by atoms with E-state index in [1.54, 1.807) is 0 Å². The van der Waals surface area contributed by atoms with Crippen LogP contribution in [0.15, 0.2) is 18.2 Å². The number of carbonyl (C=O) groups is 1.